The van der Waals surface area contributed by atoms with Crippen LogP contribution in [0.25, 0.3) is 0 Å². The maximum Gasteiger partial charge on any atom is 0.240 e. The van der Waals surface area contributed by atoms with Crippen molar-refractivity contribution in [2.75, 3.05) is 13.7 Å². The summed E-state index contributed by atoms with van der Waals surface area (Å²) in [4.78, 5) is 0.194. The van der Waals surface area contributed by atoms with E-state index in [4.69, 9.17) is 4.74 Å². The first kappa shape index (κ1) is 17.0. The number of nitrogens with one attached hydrogen (secondary N) is 1. The van der Waals surface area contributed by atoms with Crippen molar-refractivity contribution in [3.05, 3.63) is 59.7 Å². The Labute approximate surface area is 142 Å². The molecule has 2 aromatic carbocycles. The van der Waals surface area contributed by atoms with Gasteiger partial charge in [0, 0.05) is 6.54 Å². The molecule has 0 saturated heterocycles. The predicted octanol–water partition coefficient (Wildman–Crippen LogP) is 2.20. The molecule has 0 aliphatic heterocycles. The smallest absolute Gasteiger partial charge is 0.240 e. The van der Waals surface area contributed by atoms with Crippen LogP contribution in [0, 0.1) is 0 Å². The van der Waals surface area contributed by atoms with E-state index in [1.54, 1.807) is 31.4 Å². The number of rotatable bonds is 5. The van der Waals surface area contributed by atoms with Crippen LogP contribution in [-0.2, 0) is 22.0 Å². The van der Waals surface area contributed by atoms with Crippen LogP contribution >= 0.6 is 0 Å². The Morgan fingerprint density at radius 2 is 1.96 bits per heavy atom. The fourth-order valence-electron chi connectivity index (χ4n) is 3.14. The summed E-state index contributed by atoms with van der Waals surface area (Å²) in [7, 11) is -2.05. The standard InChI is InChI=1S/C18H21NO4S/c1-23-15-9-10-17-14(12-15)6-5-11-18(17,20)13-19-24(21,22)16-7-3-2-4-8-16/h2-4,7-10,12,19-20H,5-6,11,13H2,1H3. The first-order valence-corrected chi connectivity index (χ1v) is 9.37. The highest BCUT2D eigenvalue weighted by Crippen LogP contribution is 2.36. The molecule has 6 heteroatoms. The maximum absolute atomic E-state index is 12.4. The molecule has 2 aromatic rings. The zero-order chi connectivity index (χ0) is 17.2. The van der Waals surface area contributed by atoms with Gasteiger partial charge >= 0.3 is 0 Å². The summed E-state index contributed by atoms with van der Waals surface area (Å²) in [5, 5.41) is 11.0. The van der Waals surface area contributed by atoms with Crippen LogP contribution in [0.5, 0.6) is 5.75 Å². The molecule has 1 unspecified atom stereocenters. The molecule has 1 atom stereocenters. The fourth-order valence-corrected chi connectivity index (χ4v) is 4.26. The topological polar surface area (TPSA) is 75.6 Å². The Bertz CT molecular complexity index is 820. The molecule has 0 heterocycles. The first-order chi connectivity index (χ1) is 11.4. The molecule has 128 valence electrons. The van der Waals surface area contributed by atoms with Gasteiger partial charge in [0.2, 0.25) is 10.0 Å². The van der Waals surface area contributed by atoms with Gasteiger partial charge in [-0.15, -0.1) is 0 Å². The van der Waals surface area contributed by atoms with Crippen LogP contribution in [0.2, 0.25) is 0 Å². The number of methoxy groups -OCH3 is 1. The summed E-state index contributed by atoms with van der Waals surface area (Å²) in [6, 6.07) is 13.7. The lowest BCUT2D eigenvalue weighted by Gasteiger charge is -2.34. The van der Waals surface area contributed by atoms with Gasteiger partial charge in [-0.25, -0.2) is 13.1 Å². The van der Waals surface area contributed by atoms with Crippen LogP contribution in [0.3, 0.4) is 0 Å². The Morgan fingerprint density at radius 3 is 2.67 bits per heavy atom. The molecule has 5 nitrogen and oxygen atoms in total. The normalized spacial score (nSPS) is 20.4. The van der Waals surface area contributed by atoms with Gasteiger partial charge in [0.05, 0.1) is 12.0 Å². The highest BCUT2D eigenvalue weighted by Gasteiger charge is 2.35. The van der Waals surface area contributed by atoms with E-state index in [0.29, 0.717) is 6.42 Å². The van der Waals surface area contributed by atoms with E-state index in [2.05, 4.69) is 4.72 Å². The molecular formula is C18H21NO4S. The van der Waals surface area contributed by atoms with E-state index in [1.807, 2.05) is 12.1 Å². The lowest BCUT2D eigenvalue weighted by atomic mass is 9.79. The molecule has 0 fully saturated rings. The fraction of sp³-hybridized carbons (Fsp3) is 0.333. The molecule has 0 spiro atoms. The van der Waals surface area contributed by atoms with Crippen molar-refractivity contribution in [3.63, 3.8) is 0 Å². The third-order valence-corrected chi connectivity index (χ3v) is 5.88. The minimum atomic E-state index is -3.65. The summed E-state index contributed by atoms with van der Waals surface area (Å²) in [6.07, 6.45) is 2.16. The van der Waals surface area contributed by atoms with Crippen molar-refractivity contribution >= 4 is 10.0 Å². The summed E-state index contributed by atoms with van der Waals surface area (Å²) in [6.45, 7) is -0.0520. The Hall–Kier alpha value is -1.89. The number of aryl methyl sites for hydroxylation is 1. The predicted molar refractivity (Wildman–Crippen MR) is 91.5 cm³/mol. The van der Waals surface area contributed by atoms with E-state index in [1.165, 1.54) is 12.1 Å². The molecule has 0 bridgehead atoms. The summed E-state index contributed by atoms with van der Waals surface area (Å²) in [5.74, 6) is 0.739. The van der Waals surface area contributed by atoms with Crippen LogP contribution in [0.1, 0.15) is 24.0 Å². The lowest BCUT2D eigenvalue weighted by molar-refractivity contribution is 0.0242. The molecule has 0 radical (unpaired) electrons. The van der Waals surface area contributed by atoms with E-state index in [-0.39, 0.29) is 11.4 Å². The Kier molecular flexibility index (Phi) is 4.62. The summed E-state index contributed by atoms with van der Waals surface area (Å²) >= 11 is 0. The molecule has 2 N–H and O–H groups in total. The van der Waals surface area contributed by atoms with Gasteiger partial charge in [-0.2, -0.15) is 0 Å². The van der Waals surface area contributed by atoms with E-state index in [0.717, 1.165) is 29.7 Å². The number of hydrogen-bond acceptors (Lipinski definition) is 4. The monoisotopic (exact) mass is 347 g/mol. The van der Waals surface area contributed by atoms with Crippen LogP contribution in [-0.4, -0.2) is 27.2 Å². The summed E-state index contributed by atoms with van der Waals surface area (Å²) in [5.41, 5.74) is 0.564. The number of hydrogen-bond donors (Lipinski definition) is 2. The maximum atomic E-state index is 12.4. The molecule has 0 saturated carbocycles. The second-order valence-electron chi connectivity index (χ2n) is 6.05. The van der Waals surface area contributed by atoms with Gasteiger partial charge in [-0.3, -0.25) is 0 Å². The molecule has 24 heavy (non-hydrogen) atoms. The minimum Gasteiger partial charge on any atom is -0.497 e. The first-order valence-electron chi connectivity index (χ1n) is 7.89. The Morgan fingerprint density at radius 1 is 1.21 bits per heavy atom. The molecule has 0 aromatic heterocycles. The third-order valence-electron chi connectivity index (χ3n) is 4.46. The number of benzene rings is 2. The average molecular weight is 347 g/mol. The molecule has 1 aliphatic carbocycles. The van der Waals surface area contributed by atoms with Gasteiger partial charge in [0.25, 0.3) is 0 Å². The average Bonchev–Trinajstić information content (AvgIpc) is 2.61. The van der Waals surface area contributed by atoms with Crippen molar-refractivity contribution in [2.24, 2.45) is 0 Å². The second kappa shape index (κ2) is 6.55. The lowest BCUT2D eigenvalue weighted by Crippen LogP contribution is -2.42. The van der Waals surface area contributed by atoms with Crippen molar-refractivity contribution in [3.8, 4) is 5.75 Å². The number of sulfonamides is 1. The SMILES string of the molecule is COc1ccc2c(c1)CCCC2(O)CNS(=O)(=O)c1ccccc1. The van der Waals surface area contributed by atoms with E-state index < -0.39 is 15.6 Å². The molecule has 0 amide bonds. The van der Waals surface area contributed by atoms with Gasteiger partial charge in [0.1, 0.15) is 11.4 Å². The van der Waals surface area contributed by atoms with Crippen LogP contribution in [0.15, 0.2) is 53.4 Å². The van der Waals surface area contributed by atoms with Crippen LogP contribution < -0.4 is 9.46 Å². The van der Waals surface area contributed by atoms with Crippen molar-refractivity contribution in [1.82, 2.24) is 4.72 Å². The zero-order valence-electron chi connectivity index (χ0n) is 13.5. The number of fused-ring (bicyclic) bond motifs is 1. The van der Waals surface area contributed by atoms with Gasteiger partial charge in [0.15, 0.2) is 0 Å². The highest BCUT2D eigenvalue weighted by molar-refractivity contribution is 7.89. The molecule has 1 aliphatic rings. The zero-order valence-corrected chi connectivity index (χ0v) is 14.3. The van der Waals surface area contributed by atoms with Gasteiger partial charge in [-0.1, -0.05) is 24.3 Å². The minimum absolute atomic E-state index is 0.0520. The van der Waals surface area contributed by atoms with Crippen molar-refractivity contribution in [1.29, 1.82) is 0 Å². The van der Waals surface area contributed by atoms with Gasteiger partial charge < -0.3 is 9.84 Å². The second-order valence-corrected chi connectivity index (χ2v) is 7.81. The molecular weight excluding hydrogens is 326 g/mol. The quantitative estimate of drug-likeness (QED) is 0.869. The Balaban J connectivity index is 1.83. The molecule has 3 rings (SSSR count). The summed E-state index contributed by atoms with van der Waals surface area (Å²) < 4.78 is 32.5. The number of ether oxygens (including phenoxy) is 1. The number of aliphatic hydroxyl groups is 1. The van der Waals surface area contributed by atoms with E-state index >= 15 is 0 Å². The largest absolute Gasteiger partial charge is 0.497 e. The third kappa shape index (κ3) is 3.31. The highest BCUT2D eigenvalue weighted by atomic mass is 32.2. The van der Waals surface area contributed by atoms with Crippen LogP contribution in [0.4, 0.5) is 0 Å². The van der Waals surface area contributed by atoms with Crippen molar-refractivity contribution < 1.29 is 18.3 Å². The van der Waals surface area contributed by atoms with Crippen molar-refractivity contribution in [2.45, 2.75) is 29.8 Å². The van der Waals surface area contributed by atoms with E-state index in [9.17, 15) is 13.5 Å². The van der Waals surface area contributed by atoms with Gasteiger partial charge in [-0.05, 0) is 54.7 Å².